The van der Waals surface area contributed by atoms with Gasteiger partial charge in [-0.05, 0) is 27.0 Å². The van der Waals surface area contributed by atoms with E-state index in [-0.39, 0.29) is 24.2 Å². The summed E-state index contributed by atoms with van der Waals surface area (Å²) in [5.41, 5.74) is 12.9. The van der Waals surface area contributed by atoms with Crippen LogP contribution in [0.5, 0.6) is 0 Å². The number of amides is 1. The number of aromatic nitrogens is 4. The third-order valence-corrected chi connectivity index (χ3v) is 3.11. The second-order valence-electron chi connectivity index (χ2n) is 5.83. The van der Waals surface area contributed by atoms with Crippen LogP contribution in [0.4, 0.5) is 11.8 Å². The van der Waals surface area contributed by atoms with E-state index in [0.29, 0.717) is 17.7 Å². The second kappa shape index (κ2) is 18.8. The van der Waals surface area contributed by atoms with Gasteiger partial charge in [-0.1, -0.05) is 26.0 Å². The molecule has 0 saturated heterocycles. The normalized spacial score (nSPS) is 9.52. The third-order valence-electron chi connectivity index (χ3n) is 3.11. The number of likely N-dealkylation sites (N-methyl/N-ethyl adjacent to an activating group) is 1. The molecule has 0 spiro atoms. The number of carbonyl (C=O) groups is 3. The minimum atomic E-state index is -1.04. The minimum absolute atomic E-state index is 0.103. The van der Waals surface area contributed by atoms with E-state index in [1.807, 2.05) is 27.0 Å². The molecule has 12 heteroatoms. The van der Waals surface area contributed by atoms with Crippen LogP contribution in [-0.2, 0) is 20.9 Å². The highest BCUT2D eigenvalue weighted by molar-refractivity contribution is 5.89. The number of hydrogen-bond acceptors (Lipinski definition) is 10. The lowest BCUT2D eigenvalue weighted by Crippen LogP contribution is -2.27. The first-order valence-corrected chi connectivity index (χ1v) is 10.0. The molecule has 0 bridgehead atoms. The Kier molecular flexibility index (Phi) is 17.8. The van der Waals surface area contributed by atoms with E-state index in [1.165, 1.54) is 19.1 Å². The number of carbonyl (C=O) groups excluding carboxylic acids is 2. The maximum Gasteiger partial charge on any atom is 0.322 e. The van der Waals surface area contributed by atoms with Crippen LogP contribution in [0.3, 0.4) is 0 Å². The maximum absolute atomic E-state index is 10.5. The predicted molar refractivity (Wildman–Crippen MR) is 129 cm³/mol. The van der Waals surface area contributed by atoms with Gasteiger partial charge in [-0.25, -0.2) is 9.97 Å². The average molecular weight is 473 g/mol. The fraction of sp³-hybridized carbons (Fsp3) is 0.381. The van der Waals surface area contributed by atoms with Gasteiger partial charge in [0.05, 0.1) is 11.9 Å². The molecule has 0 unspecified atom stereocenters. The van der Waals surface area contributed by atoms with Crippen molar-refractivity contribution in [3.8, 4) is 0 Å². The summed E-state index contributed by atoms with van der Waals surface area (Å²) in [5.74, 6) is -1.08. The smallest absolute Gasteiger partial charge is 0.322 e. The Balaban J connectivity index is 0. The van der Waals surface area contributed by atoms with Gasteiger partial charge in [-0.3, -0.25) is 14.5 Å². The van der Waals surface area contributed by atoms with Crippen LogP contribution in [0.25, 0.3) is 11.2 Å². The van der Waals surface area contributed by atoms with Crippen molar-refractivity contribution < 1.29 is 19.5 Å². The number of rotatable bonds is 7. The topological polar surface area (TPSA) is 190 Å². The van der Waals surface area contributed by atoms with Crippen LogP contribution >= 0.6 is 0 Å². The number of nitrogen functional groups attached to an aromatic ring is 2. The number of aliphatic carboxylic acids is 1. The van der Waals surface area contributed by atoms with Gasteiger partial charge < -0.3 is 26.7 Å². The molecule has 0 aliphatic carbocycles. The van der Waals surface area contributed by atoms with Crippen LogP contribution in [-0.4, -0.2) is 68.2 Å². The van der Waals surface area contributed by atoms with Crippen molar-refractivity contribution in [1.82, 2.24) is 30.2 Å². The Morgan fingerprint density at radius 2 is 1.82 bits per heavy atom. The molecule has 12 nitrogen and oxygen atoms in total. The molecule has 1 amide bonds. The van der Waals surface area contributed by atoms with E-state index in [4.69, 9.17) is 21.4 Å². The predicted octanol–water partition coefficient (Wildman–Crippen LogP) is 1.20. The number of anilines is 2. The summed E-state index contributed by atoms with van der Waals surface area (Å²) in [4.78, 5) is 47.6. The number of nitrogens with one attached hydrogen (secondary N) is 1. The van der Waals surface area contributed by atoms with Gasteiger partial charge in [0.2, 0.25) is 11.9 Å². The standard InChI is InChI=1S/C11H15N7.C6H9NO3.C2H4O.C2H6/c1-3-4-18(2)6-7-5-14-10-8(15-7)9(12)16-11(13)17-10;1-2-3-5(8)7-4-6(9)10;1-2-3;1-2/h3,5H,1,4,6H2,2H3,(H4,12,13,14,16,17);2-3H,4H2,1H3,(H,7,8)(H,9,10);2H,1H3;1-2H3/b;3-2+;;/i1+1,3+1,4+1;1+1,2+1,3+1,4+1,6+1;2+1;1+1,2+1. The Hall–Kier alpha value is -3.93. The van der Waals surface area contributed by atoms with Crippen molar-refractivity contribution in [1.29, 1.82) is 0 Å². The number of carboxylic acids is 1. The molecule has 0 aliphatic rings. The summed E-state index contributed by atoms with van der Waals surface area (Å²) in [6.07, 6.45) is 7.04. The molecule has 2 aromatic rings. The van der Waals surface area contributed by atoms with Crippen LogP contribution in [0.1, 0.15) is 33.4 Å². The first-order valence-electron chi connectivity index (χ1n) is 10.0. The van der Waals surface area contributed by atoms with Crippen molar-refractivity contribution in [2.45, 2.75) is 34.2 Å². The minimum Gasteiger partial charge on any atom is -0.480 e. The van der Waals surface area contributed by atoms with Crippen LogP contribution in [0, 0.1) is 0 Å². The summed E-state index contributed by atoms with van der Waals surface area (Å²) >= 11 is 0. The molecule has 33 heavy (non-hydrogen) atoms. The molecule has 0 radical (unpaired) electrons. The lowest BCUT2D eigenvalue weighted by molar-refractivity contribution is -0.137. The number of carboxylic acid groups (broad SMARTS) is 1. The molecule has 0 aromatic carbocycles. The Morgan fingerprint density at radius 3 is 2.33 bits per heavy atom. The number of nitrogens with two attached hydrogens (primary N) is 2. The van der Waals surface area contributed by atoms with E-state index in [1.54, 1.807) is 13.1 Å². The van der Waals surface area contributed by atoms with Gasteiger partial charge >= 0.3 is 5.97 Å². The van der Waals surface area contributed by atoms with Crippen molar-refractivity contribution >= 4 is 41.1 Å². The largest absolute Gasteiger partial charge is 0.480 e. The van der Waals surface area contributed by atoms with Gasteiger partial charge in [0.1, 0.15) is 12.8 Å². The van der Waals surface area contributed by atoms with Crippen molar-refractivity contribution in [2.24, 2.45) is 0 Å². The molecular weight excluding hydrogens is 439 g/mol. The number of aldehydes is 1. The highest BCUT2D eigenvalue weighted by Crippen LogP contribution is 2.14. The molecule has 0 saturated carbocycles. The quantitative estimate of drug-likeness (QED) is 0.195. The first-order chi connectivity index (χ1) is 15.7. The summed E-state index contributed by atoms with van der Waals surface area (Å²) in [6, 6.07) is 0. The zero-order valence-electron chi connectivity index (χ0n) is 19.8. The van der Waals surface area contributed by atoms with Gasteiger partial charge in [0.15, 0.2) is 17.0 Å². The average Bonchev–Trinajstić information content (AvgIpc) is 2.75. The van der Waals surface area contributed by atoms with E-state index in [0.717, 1.165) is 18.5 Å². The first kappa shape index (κ1) is 31.3. The van der Waals surface area contributed by atoms with Crippen molar-refractivity contribution in [3.05, 3.63) is 36.7 Å². The number of hydrogen-bond donors (Lipinski definition) is 4. The van der Waals surface area contributed by atoms with Gasteiger partial charge in [0.25, 0.3) is 0 Å². The van der Waals surface area contributed by atoms with E-state index in [9.17, 15) is 9.59 Å². The van der Waals surface area contributed by atoms with Crippen molar-refractivity contribution in [3.63, 3.8) is 0 Å². The summed E-state index contributed by atoms with van der Waals surface area (Å²) in [5, 5.41) is 10.2. The van der Waals surface area contributed by atoms with Gasteiger partial charge in [-0.15, -0.1) is 6.58 Å². The van der Waals surface area contributed by atoms with E-state index < -0.39 is 5.97 Å². The Morgan fingerprint density at radius 1 is 1.21 bits per heavy atom. The second-order valence-corrected chi connectivity index (χ2v) is 5.83. The molecular formula is C21H34N8O4. The molecule has 6 N–H and O–H groups in total. The zero-order chi connectivity index (χ0) is 25.8. The van der Waals surface area contributed by atoms with E-state index >= 15 is 0 Å². The Bertz CT molecular complexity index is 919. The summed E-state index contributed by atoms with van der Waals surface area (Å²) in [6.45, 7) is 11.9. The third kappa shape index (κ3) is 14.7. The lowest BCUT2D eigenvalue weighted by atomic mass is 10.4. The van der Waals surface area contributed by atoms with Crippen LogP contribution in [0.2, 0.25) is 0 Å². The van der Waals surface area contributed by atoms with Crippen LogP contribution < -0.4 is 16.8 Å². The summed E-state index contributed by atoms with van der Waals surface area (Å²) < 4.78 is 0. The fourth-order valence-corrected chi connectivity index (χ4v) is 1.99. The SMILES string of the molecule is CN(Cc1cnc2nc(N)nc(N)c2n1)[13CH2][13CH]=[13CH2].C[13CH]=O.[13CH3]/[13CH]=[13CH]/C(=O)N[13CH2][13C](=O)O.[13CH3][13CH3]. The molecule has 182 valence electrons. The van der Waals surface area contributed by atoms with Crippen molar-refractivity contribution in [2.75, 3.05) is 31.6 Å². The van der Waals surface area contributed by atoms with Gasteiger partial charge in [0, 0.05) is 13.1 Å². The number of allylic oxidation sites excluding steroid dienone is 1. The number of nitrogens with zero attached hydrogens (tertiary/aromatic N) is 5. The zero-order valence-corrected chi connectivity index (χ0v) is 19.8. The summed E-state index contributed by atoms with van der Waals surface area (Å²) in [7, 11) is 1.97. The molecule has 0 fully saturated rings. The van der Waals surface area contributed by atoms with E-state index in [2.05, 4.69) is 36.7 Å². The highest BCUT2D eigenvalue weighted by Gasteiger charge is 2.08. The fourth-order valence-electron chi connectivity index (χ4n) is 1.99. The Labute approximate surface area is 193 Å². The molecule has 2 heterocycles. The van der Waals surface area contributed by atoms with Crippen LogP contribution in [0.15, 0.2) is 31.0 Å². The highest BCUT2D eigenvalue weighted by atomic mass is 16.5. The maximum atomic E-state index is 10.5. The molecule has 0 aliphatic heterocycles. The molecule has 0 atom stereocenters. The monoisotopic (exact) mass is 473 g/mol. The van der Waals surface area contributed by atoms with Gasteiger partial charge in [-0.2, -0.15) is 9.97 Å². The molecule has 2 aromatic heterocycles. The molecule has 2 rings (SSSR count). The lowest BCUT2D eigenvalue weighted by Gasteiger charge is -2.13. The number of fused-ring (bicyclic) bond motifs is 1.